The molecule has 1 fully saturated rings. The van der Waals surface area contributed by atoms with Crippen molar-refractivity contribution in [3.63, 3.8) is 0 Å². The van der Waals surface area contributed by atoms with E-state index in [9.17, 15) is 9.59 Å². The Balaban J connectivity index is 2.66. The third kappa shape index (κ3) is 7.96. The SMILES string of the molecule is CCN1CCN(CI)CCN(CC=O)CCN(CC=O)CC1. The zero-order chi connectivity index (χ0) is 16.2. The quantitative estimate of drug-likeness (QED) is 0.259. The van der Waals surface area contributed by atoms with E-state index in [-0.39, 0.29) is 0 Å². The van der Waals surface area contributed by atoms with E-state index < -0.39 is 0 Å². The van der Waals surface area contributed by atoms with Crippen molar-refractivity contribution < 1.29 is 9.59 Å². The van der Waals surface area contributed by atoms with Gasteiger partial charge < -0.3 is 14.5 Å². The van der Waals surface area contributed by atoms with Crippen molar-refractivity contribution in [2.45, 2.75) is 6.92 Å². The van der Waals surface area contributed by atoms with Gasteiger partial charge in [-0.25, -0.2) is 0 Å². The molecule has 22 heavy (non-hydrogen) atoms. The van der Waals surface area contributed by atoms with Gasteiger partial charge in [-0.05, 0) is 6.54 Å². The van der Waals surface area contributed by atoms with Gasteiger partial charge in [0.25, 0.3) is 0 Å². The van der Waals surface area contributed by atoms with Gasteiger partial charge in [0.15, 0.2) is 0 Å². The molecule has 0 spiro atoms. The van der Waals surface area contributed by atoms with Gasteiger partial charge in [0.2, 0.25) is 0 Å². The van der Waals surface area contributed by atoms with E-state index in [1.165, 1.54) is 0 Å². The van der Waals surface area contributed by atoms with Gasteiger partial charge in [-0.1, -0.05) is 29.5 Å². The summed E-state index contributed by atoms with van der Waals surface area (Å²) in [7, 11) is 0. The zero-order valence-corrected chi connectivity index (χ0v) is 15.8. The van der Waals surface area contributed by atoms with Crippen molar-refractivity contribution in [3.8, 4) is 0 Å². The predicted molar refractivity (Wildman–Crippen MR) is 97.6 cm³/mol. The topological polar surface area (TPSA) is 47.1 Å². The Kier molecular flexibility index (Phi) is 11.2. The number of likely N-dealkylation sites (N-methyl/N-ethyl adjacent to an activating group) is 1. The van der Waals surface area contributed by atoms with Crippen molar-refractivity contribution in [2.24, 2.45) is 0 Å². The highest BCUT2D eigenvalue weighted by atomic mass is 127. The Morgan fingerprint density at radius 1 is 0.727 bits per heavy atom. The lowest BCUT2D eigenvalue weighted by Gasteiger charge is -2.32. The summed E-state index contributed by atoms with van der Waals surface area (Å²) in [5.41, 5.74) is 0. The zero-order valence-electron chi connectivity index (χ0n) is 13.6. The van der Waals surface area contributed by atoms with Crippen molar-refractivity contribution >= 4 is 35.2 Å². The van der Waals surface area contributed by atoms with Gasteiger partial charge >= 0.3 is 0 Å². The molecule has 0 amide bonds. The fourth-order valence-electron chi connectivity index (χ4n) is 2.59. The molecule has 128 valence electrons. The molecule has 0 bridgehead atoms. The highest BCUT2D eigenvalue weighted by molar-refractivity contribution is 14.1. The van der Waals surface area contributed by atoms with Crippen LogP contribution in [0.4, 0.5) is 0 Å². The molecule has 6 nitrogen and oxygen atoms in total. The molecule has 1 heterocycles. The number of alkyl halides is 1. The molecular formula is C15H29IN4O2. The summed E-state index contributed by atoms with van der Waals surface area (Å²) in [6.45, 7) is 11.8. The van der Waals surface area contributed by atoms with Crippen LogP contribution in [0.2, 0.25) is 0 Å². The number of aldehydes is 2. The maximum absolute atomic E-state index is 10.9. The van der Waals surface area contributed by atoms with Crippen LogP contribution in [0, 0.1) is 0 Å². The summed E-state index contributed by atoms with van der Waals surface area (Å²) < 4.78 is 1.02. The van der Waals surface area contributed by atoms with Gasteiger partial charge in [-0.15, -0.1) is 0 Å². The highest BCUT2D eigenvalue weighted by Gasteiger charge is 2.14. The number of rotatable bonds is 6. The van der Waals surface area contributed by atoms with Crippen LogP contribution in [-0.4, -0.2) is 109 Å². The van der Waals surface area contributed by atoms with E-state index in [4.69, 9.17) is 0 Å². The molecule has 0 aromatic rings. The first kappa shape index (κ1) is 20.0. The van der Waals surface area contributed by atoms with Gasteiger partial charge in [-0.2, -0.15) is 0 Å². The van der Waals surface area contributed by atoms with Gasteiger partial charge in [0.1, 0.15) is 12.6 Å². The Labute approximate surface area is 147 Å². The first-order chi connectivity index (χ1) is 10.7. The second-order valence-electron chi connectivity index (χ2n) is 5.61. The first-order valence-corrected chi connectivity index (χ1v) is 9.58. The van der Waals surface area contributed by atoms with Crippen LogP contribution in [0.15, 0.2) is 0 Å². The van der Waals surface area contributed by atoms with Crippen molar-refractivity contribution in [2.75, 3.05) is 76.5 Å². The van der Waals surface area contributed by atoms with E-state index >= 15 is 0 Å². The number of carbonyl (C=O) groups excluding carboxylic acids is 2. The van der Waals surface area contributed by atoms with Crippen LogP contribution in [-0.2, 0) is 9.59 Å². The number of hydrogen-bond donors (Lipinski definition) is 0. The Bertz CT molecular complexity index is 290. The fraction of sp³-hybridized carbons (Fsp3) is 0.867. The molecule has 1 aliphatic heterocycles. The fourth-order valence-corrected chi connectivity index (χ4v) is 3.27. The molecule has 0 N–H and O–H groups in total. The van der Waals surface area contributed by atoms with Crippen LogP contribution in [0.25, 0.3) is 0 Å². The number of nitrogens with zero attached hydrogens (tertiary/aromatic N) is 4. The molecule has 0 radical (unpaired) electrons. The molecule has 1 rings (SSSR count). The normalized spacial score (nSPS) is 21.9. The number of hydrogen-bond acceptors (Lipinski definition) is 6. The second kappa shape index (κ2) is 12.3. The second-order valence-corrected chi connectivity index (χ2v) is 6.29. The standard InChI is InChI=1S/C15H29IN4O2/c1-2-17-3-5-18(11-13-21)6-7-19(12-14-22)8-10-20(15-16)9-4-17/h13-14H,2-12,15H2,1H3. The summed E-state index contributed by atoms with van der Waals surface area (Å²) in [5, 5.41) is 0. The van der Waals surface area contributed by atoms with E-state index in [2.05, 4.69) is 49.1 Å². The molecule has 1 saturated heterocycles. The molecule has 0 atom stereocenters. The minimum absolute atomic E-state index is 0.477. The average Bonchev–Trinajstić information content (AvgIpc) is 2.53. The summed E-state index contributed by atoms with van der Waals surface area (Å²) in [5.74, 6) is 0. The van der Waals surface area contributed by atoms with Gasteiger partial charge in [-0.3, -0.25) is 14.7 Å². The predicted octanol–water partition coefficient (Wildman–Crippen LogP) is 0.0182. The van der Waals surface area contributed by atoms with E-state index in [1.807, 2.05) is 0 Å². The lowest BCUT2D eigenvalue weighted by molar-refractivity contribution is -0.110. The molecular weight excluding hydrogens is 395 g/mol. The Morgan fingerprint density at radius 2 is 1.09 bits per heavy atom. The van der Waals surface area contributed by atoms with E-state index in [1.54, 1.807) is 0 Å². The smallest absolute Gasteiger partial charge is 0.133 e. The average molecular weight is 424 g/mol. The molecule has 0 unspecified atom stereocenters. The lowest BCUT2D eigenvalue weighted by atomic mass is 10.3. The summed E-state index contributed by atoms with van der Waals surface area (Å²) >= 11 is 2.41. The monoisotopic (exact) mass is 424 g/mol. The van der Waals surface area contributed by atoms with E-state index in [0.717, 1.165) is 76.0 Å². The first-order valence-electron chi connectivity index (χ1n) is 8.06. The van der Waals surface area contributed by atoms with Gasteiger partial charge in [0.05, 0.1) is 17.6 Å². The molecule has 0 aromatic heterocycles. The Morgan fingerprint density at radius 3 is 1.41 bits per heavy atom. The van der Waals surface area contributed by atoms with Crippen LogP contribution in [0.5, 0.6) is 0 Å². The minimum Gasteiger partial charge on any atom is -0.302 e. The van der Waals surface area contributed by atoms with Crippen LogP contribution in [0.3, 0.4) is 0 Å². The van der Waals surface area contributed by atoms with Crippen LogP contribution >= 0.6 is 22.6 Å². The lowest BCUT2D eigenvalue weighted by Crippen LogP contribution is -2.46. The Hall–Kier alpha value is -0.0900. The molecule has 7 heteroatoms. The molecule has 1 aliphatic rings. The van der Waals surface area contributed by atoms with Crippen molar-refractivity contribution in [1.29, 1.82) is 0 Å². The summed E-state index contributed by atoms with van der Waals surface area (Å²) in [6, 6.07) is 0. The summed E-state index contributed by atoms with van der Waals surface area (Å²) in [6.07, 6.45) is 1.95. The largest absolute Gasteiger partial charge is 0.302 e. The van der Waals surface area contributed by atoms with Crippen LogP contribution < -0.4 is 0 Å². The minimum atomic E-state index is 0.477. The molecule has 0 aliphatic carbocycles. The summed E-state index contributed by atoms with van der Waals surface area (Å²) in [4.78, 5) is 31.0. The van der Waals surface area contributed by atoms with Crippen molar-refractivity contribution in [1.82, 2.24) is 19.6 Å². The van der Waals surface area contributed by atoms with E-state index in [0.29, 0.717) is 13.1 Å². The number of carbonyl (C=O) groups is 2. The number of halogens is 1. The maximum atomic E-state index is 10.9. The third-order valence-corrected chi connectivity index (χ3v) is 5.18. The molecule has 0 aromatic carbocycles. The van der Waals surface area contributed by atoms with Gasteiger partial charge in [0, 0.05) is 52.4 Å². The third-order valence-electron chi connectivity index (χ3n) is 4.21. The maximum Gasteiger partial charge on any atom is 0.133 e. The van der Waals surface area contributed by atoms with Crippen LogP contribution in [0.1, 0.15) is 6.92 Å². The molecule has 0 saturated carbocycles. The van der Waals surface area contributed by atoms with Crippen molar-refractivity contribution in [3.05, 3.63) is 0 Å². The highest BCUT2D eigenvalue weighted by Crippen LogP contribution is 2.01.